The van der Waals surface area contributed by atoms with Gasteiger partial charge in [-0.3, -0.25) is 4.72 Å². The molecule has 2 aromatic carbocycles. The van der Waals surface area contributed by atoms with Crippen LogP contribution in [0.3, 0.4) is 0 Å². The highest BCUT2D eigenvalue weighted by atomic mass is 79.9. The fraction of sp³-hybridized carbons (Fsp3) is 0. The van der Waals surface area contributed by atoms with Crippen molar-refractivity contribution in [3.8, 4) is 0 Å². The number of halogens is 3. The number of sulfonamides is 1. The summed E-state index contributed by atoms with van der Waals surface area (Å²) in [6.45, 7) is 0. The van der Waals surface area contributed by atoms with E-state index in [0.717, 1.165) is 0 Å². The normalized spacial score (nSPS) is 11.3. The summed E-state index contributed by atoms with van der Waals surface area (Å²) in [6.07, 6.45) is 0. The molecule has 0 aromatic heterocycles. The molecule has 20 heavy (non-hydrogen) atoms. The first-order chi connectivity index (χ1) is 9.29. The minimum Gasteiger partial charge on any atom is -0.398 e. The van der Waals surface area contributed by atoms with Gasteiger partial charge in [0.1, 0.15) is 4.90 Å². The summed E-state index contributed by atoms with van der Waals surface area (Å²) in [5, 5.41) is 0.775. The van der Waals surface area contributed by atoms with Crippen LogP contribution in [0.1, 0.15) is 0 Å². The lowest BCUT2D eigenvalue weighted by molar-refractivity contribution is 0.601. The highest BCUT2D eigenvalue weighted by molar-refractivity contribution is 9.10. The molecule has 2 aromatic rings. The molecule has 0 aliphatic heterocycles. The van der Waals surface area contributed by atoms with Gasteiger partial charge in [0.05, 0.1) is 11.4 Å². The van der Waals surface area contributed by atoms with E-state index in [2.05, 4.69) is 20.7 Å². The van der Waals surface area contributed by atoms with Gasteiger partial charge >= 0.3 is 0 Å². The van der Waals surface area contributed by atoms with Crippen molar-refractivity contribution < 1.29 is 8.42 Å². The van der Waals surface area contributed by atoms with Crippen molar-refractivity contribution in [3.05, 3.63) is 50.9 Å². The molecule has 0 spiro atoms. The molecule has 8 heteroatoms. The van der Waals surface area contributed by atoms with Crippen molar-refractivity contribution in [2.75, 3.05) is 10.5 Å². The molecular formula is C12H9BrCl2N2O2S. The molecule has 0 amide bonds. The fourth-order valence-corrected chi connectivity index (χ4v) is 3.90. The Morgan fingerprint density at radius 1 is 1.05 bits per heavy atom. The van der Waals surface area contributed by atoms with Gasteiger partial charge in [-0.15, -0.1) is 0 Å². The van der Waals surface area contributed by atoms with Gasteiger partial charge in [0.15, 0.2) is 0 Å². The quantitative estimate of drug-likeness (QED) is 0.767. The van der Waals surface area contributed by atoms with Gasteiger partial charge in [0.2, 0.25) is 0 Å². The number of nitrogens with one attached hydrogen (secondary N) is 1. The highest BCUT2D eigenvalue weighted by Crippen LogP contribution is 2.30. The molecule has 4 nitrogen and oxygen atoms in total. The van der Waals surface area contributed by atoms with Crippen molar-refractivity contribution in [2.45, 2.75) is 4.90 Å². The zero-order valence-electron chi connectivity index (χ0n) is 9.90. The Kier molecular flexibility index (Phi) is 4.49. The second-order valence-electron chi connectivity index (χ2n) is 3.91. The van der Waals surface area contributed by atoms with Gasteiger partial charge in [-0.2, -0.15) is 0 Å². The first-order valence-electron chi connectivity index (χ1n) is 5.32. The summed E-state index contributed by atoms with van der Waals surface area (Å²) >= 11 is 14.8. The van der Waals surface area contributed by atoms with E-state index in [1.165, 1.54) is 18.2 Å². The van der Waals surface area contributed by atoms with Crippen LogP contribution in [0.15, 0.2) is 45.8 Å². The molecule has 0 fully saturated rings. The average molecular weight is 396 g/mol. The second-order valence-corrected chi connectivity index (χ2v) is 7.29. The van der Waals surface area contributed by atoms with E-state index in [9.17, 15) is 8.42 Å². The minimum atomic E-state index is -3.83. The van der Waals surface area contributed by atoms with Crippen molar-refractivity contribution in [3.63, 3.8) is 0 Å². The Balaban J connectivity index is 2.43. The molecule has 0 saturated carbocycles. The third-order valence-electron chi connectivity index (χ3n) is 2.44. The molecular weight excluding hydrogens is 387 g/mol. The fourth-order valence-electron chi connectivity index (χ4n) is 1.51. The van der Waals surface area contributed by atoms with Gasteiger partial charge in [0, 0.05) is 14.5 Å². The third kappa shape index (κ3) is 3.38. The number of rotatable bonds is 3. The maximum atomic E-state index is 12.3. The number of hydrogen-bond acceptors (Lipinski definition) is 3. The van der Waals surface area contributed by atoms with E-state index in [-0.39, 0.29) is 15.6 Å². The van der Waals surface area contributed by atoms with Crippen molar-refractivity contribution in [1.29, 1.82) is 0 Å². The molecule has 0 radical (unpaired) electrons. The monoisotopic (exact) mass is 394 g/mol. The first kappa shape index (κ1) is 15.4. The van der Waals surface area contributed by atoms with Gasteiger partial charge < -0.3 is 5.73 Å². The molecule has 0 saturated heterocycles. The van der Waals surface area contributed by atoms with Crippen LogP contribution in [0.2, 0.25) is 10.0 Å². The molecule has 0 unspecified atom stereocenters. The SMILES string of the molecule is Nc1ccc(Cl)cc1S(=O)(=O)Nc1ccc(Cl)cc1Br. The predicted molar refractivity (Wildman–Crippen MR) is 85.8 cm³/mol. The molecule has 2 rings (SSSR count). The Morgan fingerprint density at radius 2 is 1.65 bits per heavy atom. The Hall–Kier alpha value is -0.950. The zero-order chi connectivity index (χ0) is 14.9. The summed E-state index contributed by atoms with van der Waals surface area (Å²) in [6, 6.07) is 8.96. The van der Waals surface area contributed by atoms with Crippen LogP contribution in [-0.2, 0) is 10.0 Å². The number of anilines is 2. The average Bonchev–Trinajstić information content (AvgIpc) is 2.35. The van der Waals surface area contributed by atoms with Crippen LogP contribution in [0.4, 0.5) is 11.4 Å². The van der Waals surface area contributed by atoms with E-state index in [1.54, 1.807) is 18.2 Å². The number of hydrogen-bond donors (Lipinski definition) is 2. The molecule has 0 atom stereocenters. The van der Waals surface area contributed by atoms with E-state index in [0.29, 0.717) is 15.2 Å². The van der Waals surface area contributed by atoms with E-state index < -0.39 is 10.0 Å². The van der Waals surface area contributed by atoms with Crippen LogP contribution in [0.5, 0.6) is 0 Å². The van der Waals surface area contributed by atoms with Crippen molar-refractivity contribution >= 4 is 60.5 Å². The first-order valence-corrected chi connectivity index (χ1v) is 8.36. The summed E-state index contributed by atoms with van der Waals surface area (Å²) in [7, 11) is -3.83. The maximum absolute atomic E-state index is 12.3. The number of nitrogen functional groups attached to an aromatic ring is 1. The van der Waals surface area contributed by atoms with Crippen molar-refractivity contribution in [2.24, 2.45) is 0 Å². The van der Waals surface area contributed by atoms with E-state index in [1.807, 2.05) is 0 Å². The highest BCUT2D eigenvalue weighted by Gasteiger charge is 2.19. The maximum Gasteiger partial charge on any atom is 0.264 e. The zero-order valence-corrected chi connectivity index (χ0v) is 13.8. The Labute approximate surface area is 135 Å². The summed E-state index contributed by atoms with van der Waals surface area (Å²) in [4.78, 5) is -0.0770. The Bertz CT molecular complexity index is 766. The summed E-state index contributed by atoms with van der Waals surface area (Å²) in [5.41, 5.74) is 6.15. The number of benzene rings is 2. The molecule has 0 aliphatic carbocycles. The van der Waals surface area contributed by atoms with E-state index in [4.69, 9.17) is 28.9 Å². The van der Waals surface area contributed by atoms with Gasteiger partial charge in [-0.25, -0.2) is 8.42 Å². The molecule has 0 bridgehead atoms. The van der Waals surface area contributed by atoms with Crippen LogP contribution in [0.25, 0.3) is 0 Å². The topological polar surface area (TPSA) is 72.2 Å². The lowest BCUT2D eigenvalue weighted by Crippen LogP contribution is -2.15. The Morgan fingerprint density at radius 3 is 2.30 bits per heavy atom. The van der Waals surface area contributed by atoms with Crippen LogP contribution in [0, 0.1) is 0 Å². The predicted octanol–water partition coefficient (Wildman–Crippen LogP) is 4.14. The lowest BCUT2D eigenvalue weighted by Gasteiger charge is -2.12. The molecule has 0 aliphatic rings. The minimum absolute atomic E-state index is 0.0770. The summed E-state index contributed by atoms with van der Waals surface area (Å²) < 4.78 is 27.6. The smallest absolute Gasteiger partial charge is 0.264 e. The molecule has 0 heterocycles. The number of nitrogens with two attached hydrogens (primary N) is 1. The van der Waals surface area contributed by atoms with Crippen molar-refractivity contribution in [1.82, 2.24) is 0 Å². The van der Waals surface area contributed by atoms with Crippen LogP contribution < -0.4 is 10.5 Å². The third-order valence-corrected chi connectivity index (χ3v) is 4.99. The van der Waals surface area contributed by atoms with E-state index >= 15 is 0 Å². The van der Waals surface area contributed by atoms with Crippen LogP contribution in [-0.4, -0.2) is 8.42 Å². The largest absolute Gasteiger partial charge is 0.398 e. The van der Waals surface area contributed by atoms with Crippen LogP contribution >= 0.6 is 39.1 Å². The van der Waals surface area contributed by atoms with Gasteiger partial charge in [-0.05, 0) is 52.3 Å². The summed E-state index contributed by atoms with van der Waals surface area (Å²) in [5.74, 6) is 0. The van der Waals surface area contributed by atoms with Gasteiger partial charge in [0.25, 0.3) is 10.0 Å². The standard InChI is InChI=1S/C12H9BrCl2N2O2S/c13-9-5-7(14)2-4-11(9)17-20(18,19)12-6-8(15)1-3-10(12)16/h1-6,17H,16H2. The molecule has 106 valence electrons. The van der Waals surface area contributed by atoms with Gasteiger partial charge in [-0.1, -0.05) is 23.2 Å². The second kappa shape index (κ2) is 5.81. The lowest BCUT2D eigenvalue weighted by atomic mass is 10.3. The molecule has 3 N–H and O–H groups in total.